The van der Waals surface area contributed by atoms with Crippen LogP contribution < -0.4 is 5.43 Å². The lowest BCUT2D eigenvalue weighted by molar-refractivity contribution is -0.130. The number of anilines is 1. The Hall–Kier alpha value is -2.48. The first-order chi connectivity index (χ1) is 11.8. The molecule has 0 aromatic heterocycles. The third kappa shape index (κ3) is 3.09. The number of nitrogens with zero attached hydrogens (tertiary/aromatic N) is 2. The molecule has 0 fully saturated rings. The maximum absolute atomic E-state index is 14.2. The van der Waals surface area contributed by atoms with Crippen molar-refractivity contribution in [2.24, 2.45) is 4.99 Å². The summed E-state index contributed by atoms with van der Waals surface area (Å²) in [5.74, 6) is -2.61. The first-order valence-electron chi connectivity index (χ1n) is 7.31. The Morgan fingerprint density at radius 3 is 2.48 bits per heavy atom. The summed E-state index contributed by atoms with van der Waals surface area (Å²) in [6.07, 6.45) is 1.71. The number of hydrazine groups is 1. The Morgan fingerprint density at radius 1 is 1.12 bits per heavy atom. The van der Waals surface area contributed by atoms with Crippen LogP contribution in [0.15, 0.2) is 47.5 Å². The molecule has 0 bridgehead atoms. The molecule has 1 aliphatic rings. The normalized spacial score (nSPS) is 20.0. The summed E-state index contributed by atoms with van der Waals surface area (Å²) in [6.45, 7) is 1.45. The van der Waals surface area contributed by atoms with E-state index in [4.69, 9.17) is 0 Å². The van der Waals surface area contributed by atoms with E-state index in [9.17, 15) is 18.0 Å². The Balaban J connectivity index is 1.98. The molecule has 25 heavy (non-hydrogen) atoms. The van der Waals surface area contributed by atoms with Gasteiger partial charge >= 0.3 is 0 Å². The van der Waals surface area contributed by atoms with Gasteiger partial charge in [0.05, 0.1) is 5.69 Å². The molecular weight excluding hydrogens is 351 g/mol. The van der Waals surface area contributed by atoms with Crippen molar-refractivity contribution in [3.63, 3.8) is 0 Å². The number of amides is 1. The van der Waals surface area contributed by atoms with Gasteiger partial charge < -0.3 is 0 Å². The lowest BCUT2D eigenvalue weighted by Crippen LogP contribution is -2.42. The van der Waals surface area contributed by atoms with E-state index in [2.05, 4.69) is 10.4 Å². The standard InChI is InChI=1S/C17H14F3N3OS/c1-17(13-7-6-11(19)9-14(13)20)15(24)23(16(21-17)25-2)22-12-5-3-4-10(18)8-12/h3-9,22H,1-2H3. The lowest BCUT2D eigenvalue weighted by Gasteiger charge is -2.24. The van der Waals surface area contributed by atoms with Gasteiger partial charge in [-0.25, -0.2) is 18.2 Å². The third-order valence-electron chi connectivity index (χ3n) is 3.83. The molecule has 1 aliphatic heterocycles. The Morgan fingerprint density at radius 2 is 1.84 bits per heavy atom. The summed E-state index contributed by atoms with van der Waals surface area (Å²) in [5.41, 5.74) is 1.55. The van der Waals surface area contributed by atoms with Crippen LogP contribution in [0.5, 0.6) is 0 Å². The van der Waals surface area contributed by atoms with Crippen molar-refractivity contribution in [2.45, 2.75) is 12.5 Å². The van der Waals surface area contributed by atoms with Gasteiger partial charge in [-0.1, -0.05) is 23.9 Å². The molecule has 0 aliphatic carbocycles. The van der Waals surface area contributed by atoms with Crippen LogP contribution in [0.2, 0.25) is 0 Å². The fraction of sp³-hybridized carbons (Fsp3) is 0.176. The van der Waals surface area contributed by atoms with E-state index in [0.29, 0.717) is 16.9 Å². The number of aliphatic imine (C=N–C) groups is 1. The van der Waals surface area contributed by atoms with E-state index in [1.807, 2.05) is 0 Å². The lowest BCUT2D eigenvalue weighted by atomic mass is 9.92. The molecule has 1 N–H and O–H groups in total. The molecule has 2 aromatic rings. The number of benzene rings is 2. The van der Waals surface area contributed by atoms with E-state index < -0.39 is 28.9 Å². The Labute approximate surface area is 146 Å². The summed E-state index contributed by atoms with van der Waals surface area (Å²) in [7, 11) is 0. The van der Waals surface area contributed by atoms with Crippen molar-refractivity contribution in [1.29, 1.82) is 0 Å². The van der Waals surface area contributed by atoms with Crippen LogP contribution in [0.3, 0.4) is 0 Å². The van der Waals surface area contributed by atoms with Crippen molar-refractivity contribution in [3.8, 4) is 0 Å². The van der Waals surface area contributed by atoms with Crippen LogP contribution in [0.1, 0.15) is 12.5 Å². The minimum atomic E-state index is -1.55. The SMILES string of the molecule is CSC1=NC(C)(c2ccc(F)cc2F)C(=O)N1Nc1cccc(F)c1. The molecule has 1 unspecified atom stereocenters. The van der Waals surface area contributed by atoms with Gasteiger partial charge in [0, 0.05) is 11.6 Å². The third-order valence-corrected chi connectivity index (χ3v) is 4.47. The van der Waals surface area contributed by atoms with Gasteiger partial charge in [0.25, 0.3) is 5.91 Å². The van der Waals surface area contributed by atoms with Gasteiger partial charge in [-0.3, -0.25) is 10.2 Å². The maximum Gasteiger partial charge on any atom is 0.279 e. The van der Waals surface area contributed by atoms with Crippen molar-refractivity contribution >= 4 is 28.5 Å². The molecule has 0 saturated heterocycles. The fourth-order valence-corrected chi connectivity index (χ4v) is 3.16. The average Bonchev–Trinajstić information content (AvgIpc) is 2.80. The first kappa shape index (κ1) is 17.3. The van der Waals surface area contributed by atoms with E-state index >= 15 is 0 Å². The summed E-state index contributed by atoms with van der Waals surface area (Å²) in [5, 5.41) is 1.43. The summed E-state index contributed by atoms with van der Waals surface area (Å²) >= 11 is 1.18. The van der Waals surface area contributed by atoms with Crippen LogP contribution in [0.25, 0.3) is 0 Å². The molecule has 1 heterocycles. The number of thioether (sulfide) groups is 1. The molecule has 0 saturated carbocycles. The monoisotopic (exact) mass is 365 g/mol. The predicted octanol–water partition coefficient (Wildman–Crippen LogP) is 3.91. The number of carbonyl (C=O) groups is 1. The topological polar surface area (TPSA) is 44.7 Å². The average molecular weight is 365 g/mol. The molecule has 8 heteroatoms. The molecule has 1 amide bonds. The quantitative estimate of drug-likeness (QED) is 0.897. The zero-order valence-corrected chi connectivity index (χ0v) is 14.2. The van der Waals surface area contributed by atoms with E-state index in [1.165, 1.54) is 43.0 Å². The summed E-state index contributed by atoms with van der Waals surface area (Å²) in [4.78, 5) is 17.2. The predicted molar refractivity (Wildman–Crippen MR) is 91.5 cm³/mol. The number of halogens is 3. The minimum Gasteiger partial charge on any atom is -0.289 e. The van der Waals surface area contributed by atoms with Crippen LogP contribution in [-0.4, -0.2) is 22.3 Å². The second-order valence-electron chi connectivity index (χ2n) is 5.56. The van der Waals surface area contributed by atoms with Gasteiger partial charge in [0.15, 0.2) is 10.7 Å². The van der Waals surface area contributed by atoms with Crippen LogP contribution in [-0.2, 0) is 10.3 Å². The van der Waals surface area contributed by atoms with Gasteiger partial charge in [-0.05, 0) is 37.4 Å². The second-order valence-corrected chi connectivity index (χ2v) is 6.33. The zero-order chi connectivity index (χ0) is 18.2. The zero-order valence-electron chi connectivity index (χ0n) is 13.4. The number of hydrogen-bond donors (Lipinski definition) is 1. The highest BCUT2D eigenvalue weighted by molar-refractivity contribution is 8.13. The minimum absolute atomic E-state index is 0.0333. The molecule has 3 rings (SSSR count). The van der Waals surface area contributed by atoms with E-state index in [0.717, 1.165) is 11.1 Å². The maximum atomic E-state index is 14.2. The van der Waals surface area contributed by atoms with E-state index in [-0.39, 0.29) is 5.56 Å². The van der Waals surface area contributed by atoms with Crippen molar-refractivity contribution in [2.75, 3.05) is 11.7 Å². The summed E-state index contributed by atoms with van der Waals surface area (Å²) < 4.78 is 40.7. The largest absolute Gasteiger partial charge is 0.289 e. The highest BCUT2D eigenvalue weighted by Gasteiger charge is 2.47. The van der Waals surface area contributed by atoms with Crippen molar-refractivity contribution in [1.82, 2.24) is 5.01 Å². The van der Waals surface area contributed by atoms with Gasteiger partial charge in [-0.15, -0.1) is 0 Å². The number of nitrogens with one attached hydrogen (secondary N) is 1. The number of hydrogen-bond acceptors (Lipinski definition) is 4. The van der Waals surface area contributed by atoms with Crippen molar-refractivity contribution in [3.05, 3.63) is 65.5 Å². The molecule has 4 nitrogen and oxygen atoms in total. The highest BCUT2D eigenvalue weighted by atomic mass is 32.2. The second kappa shape index (κ2) is 6.44. The summed E-state index contributed by atoms with van der Waals surface area (Å²) in [6, 6.07) is 8.57. The van der Waals surface area contributed by atoms with Gasteiger partial charge in [0.1, 0.15) is 17.5 Å². The number of carbonyl (C=O) groups excluding carboxylic acids is 1. The van der Waals surface area contributed by atoms with Gasteiger partial charge in [-0.2, -0.15) is 5.01 Å². The van der Waals surface area contributed by atoms with Crippen molar-refractivity contribution < 1.29 is 18.0 Å². The van der Waals surface area contributed by atoms with E-state index in [1.54, 1.807) is 12.3 Å². The number of amidine groups is 1. The Bertz CT molecular complexity index is 874. The van der Waals surface area contributed by atoms with Crippen LogP contribution in [0, 0.1) is 17.5 Å². The fourth-order valence-electron chi connectivity index (χ4n) is 2.58. The highest BCUT2D eigenvalue weighted by Crippen LogP contribution is 2.37. The molecule has 2 aromatic carbocycles. The molecular formula is C17H14F3N3OS. The molecule has 130 valence electrons. The first-order valence-corrected chi connectivity index (χ1v) is 8.54. The smallest absolute Gasteiger partial charge is 0.279 e. The molecule has 0 spiro atoms. The van der Waals surface area contributed by atoms with Crippen LogP contribution in [0.4, 0.5) is 18.9 Å². The molecule has 0 radical (unpaired) electrons. The Kier molecular flexibility index (Phi) is 4.47. The van der Waals surface area contributed by atoms with Crippen LogP contribution >= 0.6 is 11.8 Å². The molecule has 1 atom stereocenters. The van der Waals surface area contributed by atoms with Gasteiger partial charge in [0.2, 0.25) is 0 Å². The number of rotatable bonds is 3.